The molecule has 7 heteroatoms. The molecule has 0 spiro atoms. The predicted octanol–water partition coefficient (Wildman–Crippen LogP) is 6.62. The lowest BCUT2D eigenvalue weighted by Crippen LogP contribution is -2.03. The Bertz CT molecular complexity index is 1360. The first-order chi connectivity index (χ1) is 14.8. The van der Waals surface area contributed by atoms with Gasteiger partial charge in [-0.3, -0.25) is 4.57 Å². The van der Waals surface area contributed by atoms with Gasteiger partial charge in [0.2, 0.25) is 0 Å². The molecule has 4 nitrogen and oxygen atoms in total. The average Bonchev–Trinajstić information content (AvgIpc) is 3.22. The van der Waals surface area contributed by atoms with Gasteiger partial charge in [0.1, 0.15) is 5.82 Å². The van der Waals surface area contributed by atoms with Crippen molar-refractivity contribution in [1.82, 2.24) is 9.55 Å². The molecule has 0 saturated carbocycles. The normalized spacial score (nSPS) is 11.6. The van der Waals surface area contributed by atoms with Gasteiger partial charge in [0.15, 0.2) is 9.84 Å². The molecular weight excluding hydrogens is 451 g/mol. The molecule has 31 heavy (non-hydrogen) atoms. The highest BCUT2D eigenvalue weighted by Gasteiger charge is 2.16. The smallest absolute Gasteiger partial charge is 0.178 e. The number of benzene rings is 3. The Kier molecular flexibility index (Phi) is 5.93. The maximum Gasteiger partial charge on any atom is 0.178 e. The van der Waals surface area contributed by atoms with Crippen molar-refractivity contribution in [3.05, 3.63) is 88.7 Å². The highest BCUT2D eigenvalue weighted by atomic mass is 35.5. The summed E-state index contributed by atoms with van der Waals surface area (Å²) in [5, 5.41) is 1.14. The van der Waals surface area contributed by atoms with Crippen LogP contribution in [0.2, 0.25) is 10.0 Å². The van der Waals surface area contributed by atoms with E-state index >= 15 is 0 Å². The summed E-state index contributed by atoms with van der Waals surface area (Å²) in [6.45, 7) is 3.62. The standard InChI is InChI=1S/C24H20Cl2N2O2S/c1-3-31(29,30)19-8-5-7-17(14-19)18-10-11-22(21(26)15-18)28-13-12-27-24(28)23-16(2)6-4-9-20(23)25/h4-15H,3H2,1-2H3. The largest absolute Gasteiger partial charge is 0.298 e. The monoisotopic (exact) mass is 470 g/mol. The van der Waals surface area contributed by atoms with Gasteiger partial charge in [0.05, 0.1) is 26.4 Å². The second-order valence-corrected chi connectivity index (χ2v) is 10.2. The Balaban J connectivity index is 1.78. The van der Waals surface area contributed by atoms with Crippen molar-refractivity contribution in [2.75, 3.05) is 5.75 Å². The van der Waals surface area contributed by atoms with Gasteiger partial charge in [-0.15, -0.1) is 0 Å². The number of halogens is 2. The van der Waals surface area contributed by atoms with Crippen molar-refractivity contribution in [3.8, 4) is 28.2 Å². The summed E-state index contributed by atoms with van der Waals surface area (Å²) < 4.78 is 26.4. The summed E-state index contributed by atoms with van der Waals surface area (Å²) in [7, 11) is -3.28. The van der Waals surface area contributed by atoms with Crippen LogP contribution in [-0.4, -0.2) is 23.7 Å². The minimum Gasteiger partial charge on any atom is -0.298 e. The van der Waals surface area contributed by atoms with E-state index in [1.807, 2.05) is 60.2 Å². The van der Waals surface area contributed by atoms with E-state index in [4.69, 9.17) is 23.2 Å². The van der Waals surface area contributed by atoms with Crippen LogP contribution in [0.5, 0.6) is 0 Å². The van der Waals surface area contributed by atoms with Gasteiger partial charge in [-0.1, -0.05) is 60.5 Å². The SMILES string of the molecule is CCS(=O)(=O)c1cccc(-c2ccc(-n3ccnc3-c3c(C)cccc3Cl)c(Cl)c2)c1. The summed E-state index contributed by atoms with van der Waals surface area (Å²) in [6, 6.07) is 18.3. The van der Waals surface area contributed by atoms with Crippen LogP contribution in [0.25, 0.3) is 28.2 Å². The number of sulfone groups is 1. The molecule has 0 fully saturated rings. The van der Waals surface area contributed by atoms with Crippen LogP contribution in [0.1, 0.15) is 12.5 Å². The maximum absolute atomic E-state index is 12.2. The Morgan fingerprint density at radius 3 is 2.39 bits per heavy atom. The lowest BCUT2D eigenvalue weighted by Gasteiger charge is -2.14. The number of aryl methyl sites for hydroxylation is 1. The summed E-state index contributed by atoms with van der Waals surface area (Å²) in [5.74, 6) is 0.759. The van der Waals surface area contributed by atoms with E-state index in [2.05, 4.69) is 4.98 Å². The lowest BCUT2D eigenvalue weighted by molar-refractivity contribution is 0.597. The molecule has 0 amide bonds. The zero-order valence-electron chi connectivity index (χ0n) is 17.0. The molecule has 0 atom stereocenters. The summed E-state index contributed by atoms with van der Waals surface area (Å²) in [4.78, 5) is 4.81. The summed E-state index contributed by atoms with van der Waals surface area (Å²) >= 11 is 13.1. The minimum absolute atomic E-state index is 0.0566. The Morgan fingerprint density at radius 1 is 0.935 bits per heavy atom. The number of hydrogen-bond donors (Lipinski definition) is 0. The van der Waals surface area contributed by atoms with E-state index < -0.39 is 9.84 Å². The Hall–Kier alpha value is -2.60. The number of imidazole rings is 1. The van der Waals surface area contributed by atoms with Crippen molar-refractivity contribution in [3.63, 3.8) is 0 Å². The van der Waals surface area contributed by atoms with E-state index in [9.17, 15) is 8.42 Å². The van der Waals surface area contributed by atoms with Crippen LogP contribution in [-0.2, 0) is 9.84 Å². The Morgan fingerprint density at radius 2 is 1.68 bits per heavy atom. The number of hydrogen-bond acceptors (Lipinski definition) is 3. The van der Waals surface area contributed by atoms with E-state index in [0.717, 1.165) is 27.9 Å². The van der Waals surface area contributed by atoms with Crippen LogP contribution in [0.4, 0.5) is 0 Å². The second kappa shape index (κ2) is 8.50. The molecule has 1 heterocycles. The van der Waals surface area contributed by atoms with E-state index in [1.165, 1.54) is 0 Å². The van der Waals surface area contributed by atoms with Gasteiger partial charge in [0.25, 0.3) is 0 Å². The quantitative estimate of drug-likeness (QED) is 0.329. The molecule has 0 N–H and O–H groups in total. The molecule has 0 bridgehead atoms. The zero-order chi connectivity index (χ0) is 22.2. The fourth-order valence-electron chi connectivity index (χ4n) is 3.52. The van der Waals surface area contributed by atoms with Crippen molar-refractivity contribution >= 4 is 33.0 Å². The highest BCUT2D eigenvalue weighted by Crippen LogP contribution is 2.35. The number of nitrogens with zero attached hydrogens (tertiary/aromatic N) is 2. The first-order valence-electron chi connectivity index (χ1n) is 9.74. The van der Waals surface area contributed by atoms with E-state index in [1.54, 1.807) is 31.3 Å². The molecule has 1 aromatic heterocycles. The fraction of sp³-hybridized carbons (Fsp3) is 0.125. The van der Waals surface area contributed by atoms with Crippen LogP contribution in [0.15, 0.2) is 78.0 Å². The number of aromatic nitrogens is 2. The highest BCUT2D eigenvalue weighted by molar-refractivity contribution is 7.91. The van der Waals surface area contributed by atoms with E-state index in [-0.39, 0.29) is 5.75 Å². The van der Waals surface area contributed by atoms with Gasteiger partial charge in [-0.25, -0.2) is 13.4 Å². The molecule has 158 valence electrons. The first-order valence-corrected chi connectivity index (χ1v) is 12.1. The predicted molar refractivity (Wildman–Crippen MR) is 127 cm³/mol. The lowest BCUT2D eigenvalue weighted by atomic mass is 10.0. The molecule has 0 aliphatic heterocycles. The summed E-state index contributed by atoms with van der Waals surface area (Å²) in [5.41, 5.74) is 4.25. The topological polar surface area (TPSA) is 52.0 Å². The Labute approximate surface area is 192 Å². The molecule has 4 aromatic rings. The first kappa shape index (κ1) is 21.6. The van der Waals surface area contributed by atoms with Gasteiger partial charge in [-0.05, 0) is 53.9 Å². The molecule has 0 radical (unpaired) electrons. The molecule has 0 unspecified atom stereocenters. The zero-order valence-corrected chi connectivity index (χ0v) is 19.3. The van der Waals surface area contributed by atoms with Crippen LogP contribution in [0.3, 0.4) is 0 Å². The van der Waals surface area contributed by atoms with Crippen LogP contribution < -0.4 is 0 Å². The molecule has 0 aliphatic rings. The third-order valence-electron chi connectivity index (χ3n) is 5.20. The molecular formula is C24H20Cl2N2O2S. The van der Waals surface area contributed by atoms with Gasteiger partial charge >= 0.3 is 0 Å². The van der Waals surface area contributed by atoms with E-state index in [0.29, 0.717) is 20.8 Å². The van der Waals surface area contributed by atoms with Crippen molar-refractivity contribution < 1.29 is 8.42 Å². The summed E-state index contributed by atoms with van der Waals surface area (Å²) in [6.07, 6.45) is 3.55. The third-order valence-corrected chi connectivity index (χ3v) is 7.55. The number of rotatable bonds is 5. The van der Waals surface area contributed by atoms with Crippen molar-refractivity contribution in [1.29, 1.82) is 0 Å². The van der Waals surface area contributed by atoms with Gasteiger partial charge < -0.3 is 0 Å². The minimum atomic E-state index is -3.28. The molecule has 0 saturated heterocycles. The third kappa shape index (κ3) is 4.13. The molecule has 0 aliphatic carbocycles. The van der Waals surface area contributed by atoms with Gasteiger partial charge in [-0.2, -0.15) is 0 Å². The molecule has 4 rings (SSSR count). The van der Waals surface area contributed by atoms with Crippen LogP contribution >= 0.6 is 23.2 Å². The van der Waals surface area contributed by atoms with Crippen molar-refractivity contribution in [2.24, 2.45) is 0 Å². The fourth-order valence-corrected chi connectivity index (χ4v) is 5.02. The second-order valence-electron chi connectivity index (χ2n) is 7.15. The average molecular weight is 471 g/mol. The van der Waals surface area contributed by atoms with Gasteiger partial charge in [0, 0.05) is 18.0 Å². The van der Waals surface area contributed by atoms with Crippen molar-refractivity contribution in [2.45, 2.75) is 18.7 Å². The van der Waals surface area contributed by atoms with Crippen LogP contribution in [0, 0.1) is 6.92 Å². The maximum atomic E-state index is 12.2. The molecule has 3 aromatic carbocycles.